The molecule has 0 spiro atoms. The van der Waals surface area contributed by atoms with Gasteiger partial charge in [-0.3, -0.25) is 9.48 Å². The van der Waals surface area contributed by atoms with E-state index in [0.717, 1.165) is 0 Å². The maximum atomic E-state index is 11.6. The van der Waals surface area contributed by atoms with Crippen LogP contribution >= 0.6 is 12.2 Å². The molecular weight excluding hydrogens is 200 g/mol. The monoisotopic (exact) mass is 212 g/mol. The molecule has 0 aliphatic carbocycles. The Morgan fingerprint density at radius 2 is 2.43 bits per heavy atom. The van der Waals surface area contributed by atoms with Gasteiger partial charge in [-0.2, -0.15) is 5.10 Å². The van der Waals surface area contributed by atoms with Gasteiger partial charge in [-0.05, 0) is 6.07 Å². The zero-order valence-corrected chi connectivity index (χ0v) is 8.91. The molecule has 0 aromatic carbocycles. The summed E-state index contributed by atoms with van der Waals surface area (Å²) in [4.78, 5) is 13.4. The highest BCUT2D eigenvalue weighted by molar-refractivity contribution is 7.80. The third kappa shape index (κ3) is 2.53. The summed E-state index contributed by atoms with van der Waals surface area (Å²) in [5, 5.41) is 3.98. The number of aromatic nitrogens is 2. The molecule has 5 nitrogen and oxygen atoms in total. The van der Waals surface area contributed by atoms with Crippen molar-refractivity contribution in [3.63, 3.8) is 0 Å². The van der Waals surface area contributed by atoms with Crippen molar-refractivity contribution in [2.75, 3.05) is 13.6 Å². The molecule has 0 radical (unpaired) electrons. The highest BCUT2D eigenvalue weighted by atomic mass is 32.1. The summed E-state index contributed by atoms with van der Waals surface area (Å²) < 4.78 is 1.57. The number of aryl methyl sites for hydroxylation is 1. The fraction of sp³-hybridized carbons (Fsp3) is 0.375. The van der Waals surface area contributed by atoms with Gasteiger partial charge in [0.2, 0.25) is 0 Å². The zero-order valence-electron chi connectivity index (χ0n) is 8.10. The molecule has 0 aliphatic rings. The lowest BCUT2D eigenvalue weighted by Crippen LogP contribution is -2.34. The van der Waals surface area contributed by atoms with E-state index in [0.29, 0.717) is 5.69 Å². The van der Waals surface area contributed by atoms with E-state index >= 15 is 0 Å². The molecule has 0 saturated carbocycles. The summed E-state index contributed by atoms with van der Waals surface area (Å²) in [6.07, 6.45) is 1.71. The molecule has 76 valence electrons. The number of likely N-dealkylation sites (N-methyl/N-ethyl adjacent to an activating group) is 1. The van der Waals surface area contributed by atoms with Gasteiger partial charge in [-0.25, -0.2) is 0 Å². The second kappa shape index (κ2) is 4.19. The molecule has 6 heteroatoms. The number of carbonyl (C=O) groups is 1. The molecule has 1 heterocycles. The SMILES string of the molecule is CN(CC(N)=S)C(=O)c1ccn(C)n1. The number of amides is 1. The quantitative estimate of drug-likeness (QED) is 0.703. The maximum absolute atomic E-state index is 11.6. The van der Waals surface area contributed by atoms with Gasteiger partial charge in [0.05, 0.1) is 11.5 Å². The largest absolute Gasteiger partial charge is 0.392 e. The van der Waals surface area contributed by atoms with Gasteiger partial charge in [-0.15, -0.1) is 0 Å². The molecule has 0 bridgehead atoms. The van der Waals surface area contributed by atoms with Crippen LogP contribution in [-0.4, -0.2) is 39.2 Å². The predicted molar refractivity (Wildman–Crippen MR) is 57.0 cm³/mol. The van der Waals surface area contributed by atoms with Crippen LogP contribution in [0.1, 0.15) is 10.5 Å². The van der Waals surface area contributed by atoms with E-state index in [9.17, 15) is 4.79 Å². The van der Waals surface area contributed by atoms with E-state index in [1.54, 1.807) is 31.0 Å². The van der Waals surface area contributed by atoms with Crippen LogP contribution in [0.2, 0.25) is 0 Å². The van der Waals surface area contributed by atoms with Crippen LogP contribution in [0.4, 0.5) is 0 Å². The van der Waals surface area contributed by atoms with Crippen LogP contribution in [0, 0.1) is 0 Å². The number of thiocarbonyl (C=S) groups is 1. The number of rotatable bonds is 3. The summed E-state index contributed by atoms with van der Waals surface area (Å²) >= 11 is 4.70. The van der Waals surface area contributed by atoms with Crippen molar-refractivity contribution in [3.8, 4) is 0 Å². The van der Waals surface area contributed by atoms with E-state index in [1.807, 2.05) is 0 Å². The summed E-state index contributed by atoms with van der Waals surface area (Å²) in [5.41, 5.74) is 5.72. The summed E-state index contributed by atoms with van der Waals surface area (Å²) in [6, 6.07) is 1.65. The van der Waals surface area contributed by atoms with Gasteiger partial charge < -0.3 is 10.6 Å². The second-order valence-electron chi connectivity index (χ2n) is 3.00. The van der Waals surface area contributed by atoms with Crippen LogP contribution in [0.5, 0.6) is 0 Å². The first kappa shape index (κ1) is 10.6. The van der Waals surface area contributed by atoms with Crippen LogP contribution < -0.4 is 5.73 Å². The highest BCUT2D eigenvalue weighted by Gasteiger charge is 2.14. The molecule has 14 heavy (non-hydrogen) atoms. The van der Waals surface area contributed by atoms with Crippen LogP contribution in [0.25, 0.3) is 0 Å². The highest BCUT2D eigenvalue weighted by Crippen LogP contribution is 1.99. The Morgan fingerprint density at radius 1 is 1.79 bits per heavy atom. The molecule has 2 N–H and O–H groups in total. The third-order valence-corrected chi connectivity index (χ3v) is 1.80. The predicted octanol–water partition coefficient (Wildman–Crippen LogP) is -0.222. The number of carbonyl (C=O) groups excluding carboxylic acids is 1. The minimum atomic E-state index is -0.182. The van der Waals surface area contributed by atoms with Crippen molar-refractivity contribution in [1.82, 2.24) is 14.7 Å². The van der Waals surface area contributed by atoms with Crippen molar-refractivity contribution < 1.29 is 4.79 Å². The Labute approximate surface area is 87.5 Å². The second-order valence-corrected chi connectivity index (χ2v) is 3.53. The Hall–Kier alpha value is -1.43. The van der Waals surface area contributed by atoms with Crippen LogP contribution in [-0.2, 0) is 7.05 Å². The normalized spacial score (nSPS) is 9.86. The lowest BCUT2D eigenvalue weighted by molar-refractivity contribution is 0.0808. The molecule has 0 aliphatic heterocycles. The van der Waals surface area contributed by atoms with E-state index in [-0.39, 0.29) is 17.4 Å². The average Bonchev–Trinajstić information content (AvgIpc) is 2.49. The average molecular weight is 212 g/mol. The lowest BCUT2D eigenvalue weighted by atomic mass is 10.4. The molecule has 0 unspecified atom stereocenters. The standard InChI is InChI=1S/C8H12N4OS/c1-11(5-7(9)14)8(13)6-3-4-12(2)10-6/h3-4H,5H2,1-2H3,(H2,9,14). The van der Waals surface area contributed by atoms with Crippen molar-refractivity contribution in [2.24, 2.45) is 12.8 Å². The van der Waals surface area contributed by atoms with Gasteiger partial charge in [-0.1, -0.05) is 12.2 Å². The molecular formula is C8H12N4OS. The molecule has 0 atom stereocenters. The van der Waals surface area contributed by atoms with Crippen molar-refractivity contribution in [1.29, 1.82) is 0 Å². The van der Waals surface area contributed by atoms with Gasteiger partial charge in [0.1, 0.15) is 5.69 Å². The van der Waals surface area contributed by atoms with Gasteiger partial charge in [0.25, 0.3) is 5.91 Å². The van der Waals surface area contributed by atoms with Crippen LogP contribution in [0.3, 0.4) is 0 Å². The van der Waals surface area contributed by atoms with Crippen molar-refractivity contribution >= 4 is 23.1 Å². The molecule has 0 saturated heterocycles. The Bertz CT molecular complexity index is 360. The lowest BCUT2D eigenvalue weighted by Gasteiger charge is -2.14. The van der Waals surface area contributed by atoms with E-state index in [1.165, 1.54) is 4.90 Å². The molecule has 1 rings (SSSR count). The number of hydrogen-bond donors (Lipinski definition) is 1. The fourth-order valence-electron chi connectivity index (χ4n) is 1.03. The number of hydrogen-bond acceptors (Lipinski definition) is 3. The smallest absolute Gasteiger partial charge is 0.274 e. The van der Waals surface area contributed by atoms with Crippen molar-refractivity contribution in [3.05, 3.63) is 18.0 Å². The fourth-order valence-corrected chi connectivity index (χ4v) is 1.22. The molecule has 1 aromatic rings. The third-order valence-electron chi connectivity index (χ3n) is 1.67. The molecule has 0 fully saturated rings. The first-order valence-electron chi connectivity index (χ1n) is 4.04. The van der Waals surface area contributed by atoms with Crippen molar-refractivity contribution in [2.45, 2.75) is 0 Å². The summed E-state index contributed by atoms with van der Waals surface area (Å²) in [5.74, 6) is -0.182. The first-order valence-corrected chi connectivity index (χ1v) is 4.45. The topological polar surface area (TPSA) is 64.2 Å². The molecule has 1 amide bonds. The minimum Gasteiger partial charge on any atom is -0.392 e. The van der Waals surface area contributed by atoms with Gasteiger partial charge in [0.15, 0.2) is 0 Å². The first-order chi connectivity index (χ1) is 6.50. The maximum Gasteiger partial charge on any atom is 0.274 e. The van der Waals surface area contributed by atoms with Gasteiger partial charge >= 0.3 is 0 Å². The summed E-state index contributed by atoms with van der Waals surface area (Å²) in [6.45, 7) is 0.269. The Kier molecular flexibility index (Phi) is 3.19. The zero-order chi connectivity index (χ0) is 10.7. The Morgan fingerprint density at radius 3 is 2.86 bits per heavy atom. The summed E-state index contributed by atoms with van der Waals surface area (Å²) in [7, 11) is 3.39. The van der Waals surface area contributed by atoms with Crippen LogP contribution in [0.15, 0.2) is 12.3 Å². The van der Waals surface area contributed by atoms with E-state index in [2.05, 4.69) is 5.10 Å². The van der Waals surface area contributed by atoms with Gasteiger partial charge in [0, 0.05) is 20.3 Å². The Balaban J connectivity index is 2.70. The number of nitrogens with two attached hydrogens (primary N) is 1. The minimum absolute atomic E-state index is 0.182. The number of nitrogens with zero attached hydrogens (tertiary/aromatic N) is 3. The van der Waals surface area contributed by atoms with E-state index < -0.39 is 0 Å². The van der Waals surface area contributed by atoms with E-state index in [4.69, 9.17) is 18.0 Å². The molecule has 1 aromatic heterocycles.